The van der Waals surface area contributed by atoms with E-state index in [2.05, 4.69) is 15.6 Å². The van der Waals surface area contributed by atoms with E-state index in [4.69, 9.17) is 4.74 Å². The summed E-state index contributed by atoms with van der Waals surface area (Å²) >= 11 is 0. The number of ether oxygens (including phenoxy) is 1. The maximum absolute atomic E-state index is 12.7. The number of methoxy groups -OCH3 is 1. The summed E-state index contributed by atoms with van der Waals surface area (Å²) in [6, 6.07) is 17.6. The first-order valence-electron chi connectivity index (χ1n) is 8.96. The van der Waals surface area contributed by atoms with Gasteiger partial charge in [0, 0.05) is 5.56 Å². The van der Waals surface area contributed by atoms with Crippen molar-refractivity contribution in [3.05, 3.63) is 83.9 Å². The molecule has 0 unspecified atom stereocenters. The number of rotatable bonds is 6. The van der Waals surface area contributed by atoms with Crippen LogP contribution in [0.1, 0.15) is 20.7 Å². The number of carbonyl (C=O) groups excluding carboxylic acids is 2. The molecule has 0 aliphatic heterocycles. The third-order valence-corrected chi connectivity index (χ3v) is 5.56. The number of phenolic OH excluding ortho intramolecular Hbond substituents is 1. The van der Waals surface area contributed by atoms with Crippen molar-refractivity contribution >= 4 is 27.5 Å². The molecule has 0 atom stereocenters. The number of carbonyl (C=O) groups is 2. The van der Waals surface area contributed by atoms with Crippen LogP contribution in [0.15, 0.2) is 77.7 Å². The molecule has 0 spiro atoms. The number of hydrazine groups is 1. The summed E-state index contributed by atoms with van der Waals surface area (Å²) < 4.78 is 33.0. The molecule has 0 aliphatic carbocycles. The molecule has 0 saturated heterocycles. The van der Waals surface area contributed by atoms with Gasteiger partial charge in [-0.15, -0.1) is 0 Å². The lowest BCUT2D eigenvalue weighted by molar-refractivity contribution is 0.0845. The number of amides is 2. The first-order valence-corrected chi connectivity index (χ1v) is 10.4. The van der Waals surface area contributed by atoms with Crippen LogP contribution >= 0.6 is 0 Å². The molecule has 0 bridgehead atoms. The van der Waals surface area contributed by atoms with Crippen molar-refractivity contribution < 1.29 is 27.9 Å². The molecule has 3 aromatic carbocycles. The molecule has 0 radical (unpaired) electrons. The van der Waals surface area contributed by atoms with E-state index >= 15 is 0 Å². The predicted molar refractivity (Wildman–Crippen MR) is 113 cm³/mol. The molecular formula is C21H19N3O6S. The number of hydrogen-bond acceptors (Lipinski definition) is 6. The number of sulfonamides is 1. The monoisotopic (exact) mass is 441 g/mol. The highest BCUT2D eigenvalue weighted by Gasteiger charge is 2.19. The average Bonchev–Trinajstić information content (AvgIpc) is 2.77. The van der Waals surface area contributed by atoms with Gasteiger partial charge in [0.05, 0.1) is 23.3 Å². The Bertz CT molecular complexity index is 1230. The Morgan fingerprint density at radius 2 is 1.55 bits per heavy atom. The molecular weight excluding hydrogens is 422 g/mol. The lowest BCUT2D eigenvalue weighted by Crippen LogP contribution is -2.41. The zero-order chi connectivity index (χ0) is 22.4. The minimum Gasteiger partial charge on any atom is -0.507 e. The van der Waals surface area contributed by atoms with Gasteiger partial charge in [0.2, 0.25) is 0 Å². The minimum absolute atomic E-state index is 0.000449. The molecule has 31 heavy (non-hydrogen) atoms. The van der Waals surface area contributed by atoms with Crippen molar-refractivity contribution in [3.63, 3.8) is 0 Å². The quantitative estimate of drug-likeness (QED) is 0.434. The second kappa shape index (κ2) is 9.18. The van der Waals surface area contributed by atoms with E-state index in [0.29, 0.717) is 5.75 Å². The van der Waals surface area contributed by atoms with Gasteiger partial charge in [-0.3, -0.25) is 25.2 Å². The first kappa shape index (κ1) is 21.7. The van der Waals surface area contributed by atoms with Gasteiger partial charge in [-0.2, -0.15) is 0 Å². The summed E-state index contributed by atoms with van der Waals surface area (Å²) in [7, 11) is -2.59. The normalized spacial score (nSPS) is 10.7. The molecule has 0 fully saturated rings. The van der Waals surface area contributed by atoms with Crippen LogP contribution in [0, 0.1) is 0 Å². The Kier molecular flexibility index (Phi) is 6.41. The van der Waals surface area contributed by atoms with Gasteiger partial charge in [0.15, 0.2) is 0 Å². The molecule has 3 rings (SSSR count). The minimum atomic E-state index is -4.01. The highest BCUT2D eigenvalue weighted by molar-refractivity contribution is 7.92. The van der Waals surface area contributed by atoms with E-state index < -0.39 is 21.8 Å². The van der Waals surface area contributed by atoms with Crippen molar-refractivity contribution in [1.29, 1.82) is 0 Å². The Hall–Kier alpha value is -4.05. The zero-order valence-electron chi connectivity index (χ0n) is 16.3. The van der Waals surface area contributed by atoms with E-state index in [9.17, 15) is 23.1 Å². The zero-order valence-corrected chi connectivity index (χ0v) is 17.1. The van der Waals surface area contributed by atoms with Gasteiger partial charge in [0.1, 0.15) is 11.5 Å². The standard InChI is InChI=1S/C21H19N3O6S/c1-30-19-12-5-3-10-17(19)24-31(28,29)15-8-6-7-14(13-15)20(26)22-23-21(27)16-9-2-4-11-18(16)25/h2-13,24-25H,1H3,(H,22,26)(H,23,27). The molecule has 160 valence electrons. The number of nitrogens with one attached hydrogen (secondary N) is 3. The third-order valence-electron chi connectivity index (χ3n) is 4.20. The highest BCUT2D eigenvalue weighted by atomic mass is 32.2. The fourth-order valence-electron chi connectivity index (χ4n) is 2.66. The summed E-state index contributed by atoms with van der Waals surface area (Å²) in [6.07, 6.45) is 0. The summed E-state index contributed by atoms with van der Waals surface area (Å²) in [5, 5.41) is 9.69. The molecule has 0 heterocycles. The second-order valence-corrected chi connectivity index (χ2v) is 7.94. The maximum atomic E-state index is 12.7. The lowest BCUT2D eigenvalue weighted by atomic mass is 10.2. The van der Waals surface area contributed by atoms with Crippen LogP contribution in [0.3, 0.4) is 0 Å². The number of anilines is 1. The molecule has 10 heteroatoms. The van der Waals surface area contributed by atoms with Crippen LogP contribution in [-0.2, 0) is 10.0 Å². The van der Waals surface area contributed by atoms with Crippen LogP contribution in [0.5, 0.6) is 11.5 Å². The van der Waals surface area contributed by atoms with Gasteiger partial charge in [0.25, 0.3) is 21.8 Å². The van der Waals surface area contributed by atoms with E-state index in [1.807, 2.05) is 0 Å². The van der Waals surface area contributed by atoms with Gasteiger partial charge in [-0.05, 0) is 42.5 Å². The van der Waals surface area contributed by atoms with Crippen LogP contribution in [0.2, 0.25) is 0 Å². The fourth-order valence-corrected chi connectivity index (χ4v) is 3.77. The molecule has 9 nitrogen and oxygen atoms in total. The van der Waals surface area contributed by atoms with E-state index in [-0.39, 0.29) is 27.5 Å². The highest BCUT2D eigenvalue weighted by Crippen LogP contribution is 2.26. The smallest absolute Gasteiger partial charge is 0.273 e. The SMILES string of the molecule is COc1ccccc1NS(=O)(=O)c1cccc(C(=O)NNC(=O)c2ccccc2O)c1. The summed E-state index contributed by atoms with van der Waals surface area (Å²) in [5.41, 5.74) is 4.58. The number of hydrogen-bond donors (Lipinski definition) is 4. The van der Waals surface area contributed by atoms with E-state index in [1.165, 1.54) is 43.5 Å². The Morgan fingerprint density at radius 1 is 0.871 bits per heavy atom. The molecule has 2 amide bonds. The van der Waals surface area contributed by atoms with Gasteiger partial charge < -0.3 is 9.84 Å². The fraction of sp³-hybridized carbons (Fsp3) is 0.0476. The molecule has 3 aromatic rings. The van der Waals surface area contributed by atoms with Crippen LogP contribution in [-0.4, -0.2) is 32.4 Å². The van der Waals surface area contributed by atoms with Crippen molar-refractivity contribution in [2.24, 2.45) is 0 Å². The third kappa shape index (κ3) is 5.11. The number of phenols is 1. The Balaban J connectivity index is 1.74. The summed E-state index contributed by atoms with van der Waals surface area (Å²) in [4.78, 5) is 24.3. The van der Waals surface area contributed by atoms with Crippen LogP contribution in [0.25, 0.3) is 0 Å². The van der Waals surface area contributed by atoms with Crippen LogP contribution < -0.4 is 20.3 Å². The number of para-hydroxylation sites is 3. The molecule has 0 saturated carbocycles. The second-order valence-electron chi connectivity index (χ2n) is 6.26. The van der Waals surface area contributed by atoms with Gasteiger partial charge in [-0.1, -0.05) is 30.3 Å². The Morgan fingerprint density at radius 3 is 2.29 bits per heavy atom. The van der Waals surface area contributed by atoms with Crippen LogP contribution in [0.4, 0.5) is 5.69 Å². The first-order chi connectivity index (χ1) is 14.8. The Labute approximate surface area is 178 Å². The van der Waals surface area contributed by atoms with E-state index in [0.717, 1.165) is 0 Å². The summed E-state index contributed by atoms with van der Waals surface area (Å²) in [6.45, 7) is 0. The van der Waals surface area contributed by atoms with Gasteiger partial charge in [-0.25, -0.2) is 8.42 Å². The predicted octanol–water partition coefficient (Wildman–Crippen LogP) is 2.28. The van der Waals surface area contributed by atoms with E-state index in [1.54, 1.807) is 36.4 Å². The lowest BCUT2D eigenvalue weighted by Gasteiger charge is -2.12. The van der Waals surface area contributed by atoms with Crippen molar-refractivity contribution in [3.8, 4) is 11.5 Å². The number of benzene rings is 3. The average molecular weight is 441 g/mol. The van der Waals surface area contributed by atoms with Gasteiger partial charge >= 0.3 is 0 Å². The molecule has 0 aliphatic rings. The summed E-state index contributed by atoms with van der Waals surface area (Å²) in [5.74, 6) is -1.37. The molecule has 4 N–H and O–H groups in total. The van der Waals surface area contributed by atoms with Crippen molar-refractivity contribution in [1.82, 2.24) is 10.9 Å². The number of aromatic hydroxyl groups is 1. The topological polar surface area (TPSA) is 134 Å². The van der Waals surface area contributed by atoms with Crippen molar-refractivity contribution in [2.75, 3.05) is 11.8 Å². The van der Waals surface area contributed by atoms with Crippen molar-refractivity contribution in [2.45, 2.75) is 4.90 Å². The molecule has 0 aromatic heterocycles. The maximum Gasteiger partial charge on any atom is 0.273 e. The largest absolute Gasteiger partial charge is 0.507 e.